The second-order valence-electron chi connectivity index (χ2n) is 4.84. The van der Waals surface area contributed by atoms with Crippen LogP contribution < -0.4 is 10.2 Å². The van der Waals surface area contributed by atoms with Gasteiger partial charge in [-0.2, -0.15) is 4.31 Å². The van der Waals surface area contributed by atoms with Crippen molar-refractivity contribution in [2.75, 3.05) is 49.2 Å². The molecule has 0 spiro atoms. The van der Waals surface area contributed by atoms with Crippen LogP contribution in [0.1, 0.15) is 13.3 Å². The molecule has 0 radical (unpaired) electrons. The number of nitrogens with one attached hydrogen (secondary N) is 1. The van der Waals surface area contributed by atoms with Crippen molar-refractivity contribution in [1.29, 1.82) is 0 Å². The highest BCUT2D eigenvalue weighted by molar-refractivity contribution is 7.88. The Morgan fingerprint density at radius 1 is 1.25 bits per heavy atom. The fourth-order valence-corrected chi connectivity index (χ4v) is 2.92. The van der Waals surface area contributed by atoms with Crippen molar-refractivity contribution in [3.8, 4) is 0 Å². The van der Waals surface area contributed by atoms with Gasteiger partial charge in [0.1, 0.15) is 11.6 Å². The van der Waals surface area contributed by atoms with E-state index in [1.54, 1.807) is 12.4 Å². The van der Waals surface area contributed by atoms with Crippen LogP contribution in [0.4, 0.5) is 11.6 Å². The van der Waals surface area contributed by atoms with Crippen LogP contribution in [0.25, 0.3) is 0 Å². The highest BCUT2D eigenvalue weighted by atomic mass is 32.2. The second-order valence-corrected chi connectivity index (χ2v) is 6.82. The molecule has 0 aromatic carbocycles. The summed E-state index contributed by atoms with van der Waals surface area (Å²) in [5.74, 6) is 1.55. The smallest absolute Gasteiger partial charge is 0.211 e. The predicted molar refractivity (Wildman–Crippen MR) is 79.4 cm³/mol. The number of anilines is 2. The first-order valence-corrected chi connectivity index (χ1v) is 8.61. The van der Waals surface area contributed by atoms with Gasteiger partial charge >= 0.3 is 0 Å². The molecule has 1 aliphatic rings. The van der Waals surface area contributed by atoms with Gasteiger partial charge in [-0.15, -0.1) is 0 Å². The molecule has 0 aliphatic carbocycles. The molecule has 2 rings (SSSR count). The Kier molecular flexibility index (Phi) is 4.77. The molecular weight excluding hydrogens is 278 g/mol. The third kappa shape index (κ3) is 3.80. The summed E-state index contributed by atoms with van der Waals surface area (Å²) in [5.41, 5.74) is 0. The zero-order chi connectivity index (χ0) is 14.6. The minimum atomic E-state index is -3.09. The average molecular weight is 299 g/mol. The van der Waals surface area contributed by atoms with Gasteiger partial charge in [0.25, 0.3) is 0 Å². The van der Waals surface area contributed by atoms with Crippen molar-refractivity contribution in [3.05, 3.63) is 12.4 Å². The van der Waals surface area contributed by atoms with Crippen molar-refractivity contribution in [2.24, 2.45) is 0 Å². The van der Waals surface area contributed by atoms with Crippen LogP contribution in [0, 0.1) is 0 Å². The van der Waals surface area contributed by atoms with E-state index < -0.39 is 10.0 Å². The number of piperazine rings is 1. The summed E-state index contributed by atoms with van der Waals surface area (Å²) in [6.07, 6.45) is 5.69. The van der Waals surface area contributed by atoms with Crippen molar-refractivity contribution in [2.45, 2.75) is 13.3 Å². The molecule has 7 nitrogen and oxygen atoms in total. The zero-order valence-electron chi connectivity index (χ0n) is 11.9. The third-order valence-electron chi connectivity index (χ3n) is 3.21. The second kappa shape index (κ2) is 6.36. The molecule has 8 heteroatoms. The molecule has 112 valence electrons. The fraction of sp³-hybridized carbons (Fsp3) is 0.667. The zero-order valence-corrected chi connectivity index (χ0v) is 12.7. The van der Waals surface area contributed by atoms with Crippen LogP contribution in [0.2, 0.25) is 0 Å². The van der Waals surface area contributed by atoms with Crippen LogP contribution >= 0.6 is 0 Å². The first kappa shape index (κ1) is 15.0. The average Bonchev–Trinajstić information content (AvgIpc) is 2.45. The van der Waals surface area contributed by atoms with Gasteiger partial charge in [0.15, 0.2) is 0 Å². The quantitative estimate of drug-likeness (QED) is 0.847. The van der Waals surface area contributed by atoms with Crippen LogP contribution in [-0.2, 0) is 10.0 Å². The summed E-state index contributed by atoms with van der Waals surface area (Å²) in [5, 5.41) is 3.20. The molecule has 0 unspecified atom stereocenters. The van der Waals surface area contributed by atoms with Crippen LogP contribution in [0.3, 0.4) is 0 Å². The number of aromatic nitrogens is 2. The Balaban J connectivity index is 2.00. The Morgan fingerprint density at radius 3 is 2.55 bits per heavy atom. The van der Waals surface area contributed by atoms with Gasteiger partial charge in [0.2, 0.25) is 10.0 Å². The number of hydrogen-bond donors (Lipinski definition) is 1. The molecule has 1 aromatic rings. The molecule has 0 amide bonds. The summed E-state index contributed by atoms with van der Waals surface area (Å²) in [7, 11) is -3.09. The summed E-state index contributed by atoms with van der Waals surface area (Å²) < 4.78 is 24.4. The molecule has 1 aromatic heterocycles. The van der Waals surface area contributed by atoms with Crippen LogP contribution in [-0.4, -0.2) is 61.7 Å². The Hall–Kier alpha value is -1.41. The third-order valence-corrected chi connectivity index (χ3v) is 4.51. The summed E-state index contributed by atoms with van der Waals surface area (Å²) in [6.45, 7) is 5.22. The number of rotatable bonds is 5. The van der Waals surface area contributed by atoms with E-state index in [0.717, 1.165) is 24.6 Å². The minimum absolute atomic E-state index is 0.493. The van der Waals surface area contributed by atoms with Gasteiger partial charge in [0.05, 0.1) is 18.6 Å². The van der Waals surface area contributed by atoms with E-state index in [9.17, 15) is 8.42 Å². The van der Waals surface area contributed by atoms with Crippen LogP contribution in [0.5, 0.6) is 0 Å². The molecule has 0 atom stereocenters. The summed E-state index contributed by atoms with van der Waals surface area (Å²) in [6, 6.07) is 0. The molecule has 1 aliphatic heterocycles. The molecule has 0 bridgehead atoms. The van der Waals surface area contributed by atoms with E-state index in [2.05, 4.69) is 27.1 Å². The normalized spacial score (nSPS) is 17.2. The Morgan fingerprint density at radius 2 is 1.95 bits per heavy atom. The van der Waals surface area contributed by atoms with E-state index in [1.807, 2.05) is 0 Å². The summed E-state index contributed by atoms with van der Waals surface area (Å²) in [4.78, 5) is 10.7. The van der Waals surface area contributed by atoms with E-state index in [1.165, 1.54) is 10.6 Å². The Labute approximate surface area is 120 Å². The molecule has 2 heterocycles. The van der Waals surface area contributed by atoms with E-state index in [0.29, 0.717) is 26.2 Å². The summed E-state index contributed by atoms with van der Waals surface area (Å²) >= 11 is 0. The van der Waals surface area contributed by atoms with Crippen molar-refractivity contribution < 1.29 is 8.42 Å². The van der Waals surface area contributed by atoms with Gasteiger partial charge in [-0.25, -0.2) is 13.4 Å². The molecule has 1 saturated heterocycles. The SMILES string of the molecule is CCCNc1cncc(N2CCN(S(C)(=O)=O)CC2)n1. The Bertz CT molecular complexity index is 541. The molecule has 0 saturated carbocycles. The maximum Gasteiger partial charge on any atom is 0.211 e. The monoisotopic (exact) mass is 299 g/mol. The molecule has 1 N–H and O–H groups in total. The first-order valence-electron chi connectivity index (χ1n) is 6.76. The predicted octanol–water partition coefficient (Wildman–Crippen LogP) is 0.380. The van der Waals surface area contributed by atoms with E-state index in [4.69, 9.17) is 0 Å². The maximum absolute atomic E-state index is 11.5. The lowest BCUT2D eigenvalue weighted by atomic mass is 10.3. The topological polar surface area (TPSA) is 78.4 Å². The van der Waals surface area contributed by atoms with E-state index >= 15 is 0 Å². The van der Waals surface area contributed by atoms with E-state index in [-0.39, 0.29) is 0 Å². The lowest BCUT2D eigenvalue weighted by Gasteiger charge is -2.33. The van der Waals surface area contributed by atoms with Crippen molar-refractivity contribution in [3.63, 3.8) is 0 Å². The maximum atomic E-state index is 11.5. The van der Waals surface area contributed by atoms with Gasteiger partial charge in [0, 0.05) is 32.7 Å². The molecular formula is C12H21N5O2S. The number of sulfonamides is 1. The van der Waals surface area contributed by atoms with Crippen molar-refractivity contribution in [1.82, 2.24) is 14.3 Å². The van der Waals surface area contributed by atoms with Crippen molar-refractivity contribution >= 4 is 21.7 Å². The molecule has 20 heavy (non-hydrogen) atoms. The van der Waals surface area contributed by atoms with Gasteiger partial charge in [-0.3, -0.25) is 4.98 Å². The lowest BCUT2D eigenvalue weighted by molar-refractivity contribution is 0.387. The number of nitrogens with zero attached hydrogens (tertiary/aromatic N) is 4. The molecule has 1 fully saturated rings. The lowest BCUT2D eigenvalue weighted by Crippen LogP contribution is -2.48. The van der Waals surface area contributed by atoms with Gasteiger partial charge < -0.3 is 10.2 Å². The largest absolute Gasteiger partial charge is 0.369 e. The highest BCUT2D eigenvalue weighted by Crippen LogP contribution is 2.15. The van der Waals surface area contributed by atoms with Gasteiger partial charge in [-0.1, -0.05) is 6.92 Å². The fourth-order valence-electron chi connectivity index (χ4n) is 2.10. The standard InChI is InChI=1S/C12H21N5O2S/c1-3-4-14-11-9-13-10-12(15-11)16-5-7-17(8-6-16)20(2,18)19/h9-10H,3-8H2,1-2H3,(H,14,15). The van der Waals surface area contributed by atoms with Crippen LogP contribution in [0.15, 0.2) is 12.4 Å². The van der Waals surface area contributed by atoms with Gasteiger partial charge in [-0.05, 0) is 6.42 Å². The first-order chi connectivity index (χ1) is 9.50. The number of hydrogen-bond acceptors (Lipinski definition) is 6. The highest BCUT2D eigenvalue weighted by Gasteiger charge is 2.24. The minimum Gasteiger partial charge on any atom is -0.369 e.